The molecule has 31 nitrogen and oxygen atoms in total. The molecule has 6 amide bonds. The Bertz CT molecular complexity index is 4090. The quantitative estimate of drug-likeness (QED) is 0.0209. The fourth-order valence-electron chi connectivity index (χ4n) is 9.01. The number of halogens is 1. The Morgan fingerprint density at radius 2 is 0.856 bits per heavy atom. The molecule has 0 spiro atoms. The van der Waals surface area contributed by atoms with Gasteiger partial charge < -0.3 is 61.0 Å². The summed E-state index contributed by atoms with van der Waals surface area (Å²) < 4.78 is 110. The predicted octanol–water partition coefficient (Wildman–Crippen LogP) is 6.64. The second-order valence-electron chi connectivity index (χ2n) is 29.5. The molecule has 2 aromatic heterocycles. The smallest absolute Gasteiger partial charge is 0.444 e. The van der Waals surface area contributed by atoms with Crippen molar-refractivity contribution in [2.45, 2.75) is 225 Å². The number of aromatic nitrogens is 4. The highest BCUT2D eigenvalue weighted by Crippen LogP contribution is 2.37. The van der Waals surface area contributed by atoms with E-state index in [9.17, 15) is 64.1 Å². The Morgan fingerprint density at radius 1 is 0.519 bits per heavy atom. The monoisotopic (exact) mass is 1530 g/mol. The van der Waals surface area contributed by atoms with Crippen LogP contribution in [-0.4, -0.2) is 152 Å². The van der Waals surface area contributed by atoms with Crippen LogP contribution in [0.3, 0.4) is 0 Å². The summed E-state index contributed by atoms with van der Waals surface area (Å²) in [7, 11) is -15.3. The van der Waals surface area contributed by atoms with Gasteiger partial charge in [0.25, 0.3) is 47.8 Å². The number of benzene rings is 3. The molecule has 37 heteroatoms. The Morgan fingerprint density at radius 3 is 1.19 bits per heavy atom. The van der Waals surface area contributed by atoms with Crippen molar-refractivity contribution >= 4 is 115 Å². The van der Waals surface area contributed by atoms with Crippen molar-refractivity contribution in [3.8, 4) is 11.3 Å². The molecule has 3 aromatic carbocycles. The summed E-state index contributed by atoms with van der Waals surface area (Å²) in [6.45, 7) is 37.4. The van der Waals surface area contributed by atoms with Gasteiger partial charge in [0, 0.05) is 17.0 Å². The zero-order valence-corrected chi connectivity index (χ0v) is 65.9. The van der Waals surface area contributed by atoms with Crippen molar-refractivity contribution in [1.29, 1.82) is 0 Å². The van der Waals surface area contributed by atoms with Crippen LogP contribution in [0.4, 0.5) is 26.3 Å². The number of nitrogens with one attached hydrogen (secondary N) is 6. The fraction of sp³-hybridized carbons (Fsp3) is 0.522. The Hall–Kier alpha value is -8.25. The number of alkyl carbamates (subject to hydrolysis) is 3. The van der Waals surface area contributed by atoms with Crippen LogP contribution in [0.15, 0.2) is 99.6 Å². The van der Waals surface area contributed by atoms with Gasteiger partial charge in [-0.3, -0.25) is 14.4 Å². The number of hydrogen-bond donors (Lipinski definition) is 10. The molecule has 0 radical (unpaired) electrons. The van der Waals surface area contributed by atoms with Gasteiger partial charge in [0.05, 0.1) is 31.6 Å². The van der Waals surface area contributed by atoms with E-state index in [1.165, 1.54) is 48.5 Å². The normalized spacial score (nSPS) is 14.4. The number of rotatable bonds is 21. The predicted molar refractivity (Wildman–Crippen MR) is 395 cm³/mol. The summed E-state index contributed by atoms with van der Waals surface area (Å²) in [5.74, 6) is -2.33. The number of aryl methyl sites for hydroxylation is 2. The van der Waals surface area contributed by atoms with Crippen LogP contribution in [-0.2, 0) is 68.0 Å². The molecule has 5 aromatic rings. The van der Waals surface area contributed by atoms with Gasteiger partial charge >= 0.3 is 32.5 Å². The highest BCUT2D eigenvalue weighted by molar-refractivity contribution is 7.90. The Labute approximate surface area is 616 Å². The van der Waals surface area contributed by atoms with Crippen LogP contribution in [0, 0.1) is 31.6 Å². The fourth-order valence-corrected chi connectivity index (χ4v) is 12.5. The molecule has 0 bridgehead atoms. The maximum atomic E-state index is 13.0. The van der Waals surface area contributed by atoms with E-state index in [0.29, 0.717) is 27.6 Å². The molecular weight excluding hydrogens is 1430 g/mol. The first-order valence-corrected chi connectivity index (χ1v) is 37.8. The van der Waals surface area contributed by atoms with Crippen LogP contribution >= 0.6 is 11.6 Å². The maximum absolute atomic E-state index is 13.0. The number of hydrogen-bond acceptors (Lipinski definition) is 25. The molecule has 3 atom stereocenters. The second kappa shape index (κ2) is 37.1. The van der Waals surface area contributed by atoms with E-state index in [1.54, 1.807) is 99.6 Å². The van der Waals surface area contributed by atoms with Gasteiger partial charge in [0.15, 0.2) is 0 Å². The molecule has 6 rings (SSSR count). The van der Waals surface area contributed by atoms with Crippen LogP contribution in [0.25, 0.3) is 11.3 Å². The molecule has 104 heavy (non-hydrogen) atoms. The standard InChI is InChI=1S/C23H37BN2O7S.C22H31N5O5S.C17H27BN2O7S.C5H6ClN3/c1-15(2)13-18(25-20(28)31-21(3,4)5)19(27)26-34(29,30)17-12-10-11-16(14-17)24-32-22(6,7)23(8,9)33-24;1-13(2)10-18(26-21(29)32-22(4,5)6)19(28)27-33(30,31)16-9-7-8-15(12-16)17-11-14(3)24-20(23)25-17;1-11(2)9-14(19-16(22)27-17(3,4)5)15(21)20-28(25,26)13-8-6-7-12(10-13)18(23)24;1-3-2-4(6)9-5(7)8-3/h10-12,14-15,18H,13H2,1-9H3,(H,25,28)(H,26,27);7-9,11-13,18H,10H2,1-6H3,(H,26,29)(H,27,28)(H2,23,24,25);6-8,10-11,14,23-24H,9H2,1-5H3,(H,19,22)(H,20,21);2H,1H3,(H2,7,8,9)/t2*18-;14-;/m000./s1. The summed E-state index contributed by atoms with van der Waals surface area (Å²) in [6, 6.07) is 16.9. The summed E-state index contributed by atoms with van der Waals surface area (Å²) in [5.41, 5.74) is 10.3. The van der Waals surface area contributed by atoms with Crippen molar-refractivity contribution in [3.05, 3.63) is 101 Å². The van der Waals surface area contributed by atoms with Gasteiger partial charge in [-0.05, 0) is 200 Å². The average molecular weight is 1530 g/mol. The molecule has 1 fully saturated rings. The minimum absolute atomic E-state index is 0.00758. The third-order valence-corrected chi connectivity index (χ3v) is 18.4. The number of carbonyl (C=O) groups excluding carboxylic acids is 6. The van der Waals surface area contributed by atoms with Gasteiger partial charge in [-0.2, -0.15) is 0 Å². The molecule has 12 N–H and O–H groups in total. The number of anilines is 2. The van der Waals surface area contributed by atoms with E-state index >= 15 is 0 Å². The third-order valence-electron chi connectivity index (χ3n) is 14.2. The minimum atomic E-state index is -4.28. The molecule has 0 aliphatic carbocycles. The van der Waals surface area contributed by atoms with E-state index in [0.717, 1.165) is 11.8 Å². The lowest BCUT2D eigenvalue weighted by molar-refractivity contribution is -0.122. The molecule has 0 unspecified atom stereocenters. The van der Waals surface area contributed by atoms with E-state index in [1.807, 2.05) is 80.9 Å². The largest absolute Gasteiger partial charge is 0.494 e. The summed E-state index contributed by atoms with van der Waals surface area (Å²) in [6.07, 6.45) is -1.80. The number of carbonyl (C=O) groups is 6. The van der Waals surface area contributed by atoms with Crippen molar-refractivity contribution in [1.82, 2.24) is 50.1 Å². The number of sulfonamides is 3. The van der Waals surface area contributed by atoms with Gasteiger partial charge in [0.1, 0.15) is 40.1 Å². The Kier molecular flexibility index (Phi) is 32.1. The highest BCUT2D eigenvalue weighted by Gasteiger charge is 2.52. The first kappa shape index (κ1) is 90.0. The molecule has 1 aliphatic rings. The zero-order valence-electron chi connectivity index (χ0n) is 62.7. The van der Waals surface area contributed by atoms with Gasteiger partial charge in [-0.25, -0.2) is 73.7 Å². The van der Waals surface area contributed by atoms with Gasteiger partial charge in [-0.1, -0.05) is 89.5 Å². The van der Waals surface area contributed by atoms with Crippen LogP contribution < -0.4 is 52.5 Å². The Balaban J connectivity index is 0.000000382. The minimum Gasteiger partial charge on any atom is -0.444 e. The van der Waals surface area contributed by atoms with Crippen LogP contribution in [0.5, 0.6) is 0 Å². The lowest BCUT2D eigenvalue weighted by Gasteiger charge is -2.32. The molecular formula is C67H101B2ClN12O19S3. The summed E-state index contributed by atoms with van der Waals surface area (Å²) in [4.78, 5) is 89.6. The number of nitrogens with two attached hydrogens (primary N) is 2. The average Bonchev–Trinajstić information content (AvgIpc) is 1.60. The SMILES string of the molecule is CC(C)C[C@H](NC(=O)OC(C)(C)C)C(=O)NS(=O)(=O)c1cccc(B(O)O)c1.CC(C)C[C@H](NC(=O)OC(C)(C)C)C(=O)NS(=O)(=O)c1cccc(B2OC(C)(C)C(C)(C)O2)c1.Cc1cc(-c2cccc(S(=O)(=O)NC(=O)[C@H](CC(C)C)NC(=O)OC(C)(C)C)c2)nc(N)n1.Cc1cc(Cl)nc(N)n1. The van der Waals surface area contributed by atoms with E-state index < -0.39 is 126 Å². The molecule has 1 saturated heterocycles. The number of ether oxygens (including phenoxy) is 3. The van der Waals surface area contributed by atoms with Crippen molar-refractivity contribution in [2.24, 2.45) is 17.8 Å². The highest BCUT2D eigenvalue weighted by atomic mass is 35.5. The second-order valence-corrected chi connectivity index (χ2v) is 34.9. The molecule has 0 saturated carbocycles. The number of amides is 6. The molecule has 3 heterocycles. The molecule has 574 valence electrons. The first-order valence-electron chi connectivity index (χ1n) is 33.0. The maximum Gasteiger partial charge on any atom is 0.494 e. The van der Waals surface area contributed by atoms with Crippen molar-refractivity contribution < 1.29 is 87.6 Å². The first-order chi connectivity index (χ1) is 47.4. The third kappa shape index (κ3) is 31.2. The van der Waals surface area contributed by atoms with E-state index in [-0.39, 0.29) is 69.1 Å². The topological polar surface area (TPSA) is 467 Å². The lowest BCUT2D eigenvalue weighted by atomic mass is 9.79. The summed E-state index contributed by atoms with van der Waals surface area (Å²) >= 11 is 5.52. The van der Waals surface area contributed by atoms with Crippen LogP contribution in [0.2, 0.25) is 5.15 Å². The van der Waals surface area contributed by atoms with E-state index in [2.05, 4.69) is 45.3 Å². The molecule has 1 aliphatic heterocycles. The van der Waals surface area contributed by atoms with Crippen LogP contribution in [0.1, 0.15) is 162 Å². The summed E-state index contributed by atoms with van der Waals surface area (Å²) in [5, 5.41) is 26.1. The number of nitrogen functional groups attached to an aromatic ring is 2. The van der Waals surface area contributed by atoms with E-state index in [4.69, 9.17) is 46.6 Å². The van der Waals surface area contributed by atoms with Gasteiger partial charge in [0.2, 0.25) is 11.9 Å². The van der Waals surface area contributed by atoms with Crippen molar-refractivity contribution in [3.63, 3.8) is 0 Å². The zero-order chi connectivity index (χ0) is 79.6. The lowest BCUT2D eigenvalue weighted by Crippen LogP contribution is -2.50. The van der Waals surface area contributed by atoms with Crippen molar-refractivity contribution in [2.75, 3.05) is 11.5 Å². The number of nitrogens with zero attached hydrogens (tertiary/aromatic N) is 4. The van der Waals surface area contributed by atoms with Gasteiger partial charge in [-0.15, -0.1) is 0 Å².